The van der Waals surface area contributed by atoms with Gasteiger partial charge in [-0.2, -0.15) is 4.98 Å². The molecule has 0 aliphatic heterocycles. The molecule has 1 heterocycles. The van der Waals surface area contributed by atoms with Crippen molar-refractivity contribution >= 4 is 50.2 Å². The minimum atomic E-state index is -0.273. The average Bonchev–Trinajstić information content (AvgIpc) is 2.77. The fourth-order valence-electron chi connectivity index (χ4n) is 3.61. The Morgan fingerprint density at radius 2 is 1.91 bits per heavy atom. The number of nitrogens with one attached hydrogen (secondary N) is 2. The zero-order chi connectivity index (χ0) is 23.1. The third-order valence-electron chi connectivity index (χ3n) is 5.49. The molecule has 32 heavy (non-hydrogen) atoms. The highest BCUT2D eigenvalue weighted by Gasteiger charge is 2.12. The molecule has 0 fully saturated rings. The van der Waals surface area contributed by atoms with Gasteiger partial charge < -0.3 is 15.5 Å². The van der Waals surface area contributed by atoms with Gasteiger partial charge in [0, 0.05) is 33.0 Å². The summed E-state index contributed by atoms with van der Waals surface area (Å²) in [5.41, 5.74) is 1.27. The van der Waals surface area contributed by atoms with Gasteiger partial charge in [-0.05, 0) is 75.8 Å². The summed E-state index contributed by atoms with van der Waals surface area (Å²) in [4.78, 5) is 11.7. The zero-order valence-corrected chi connectivity index (χ0v) is 21.1. The molecule has 0 bridgehead atoms. The van der Waals surface area contributed by atoms with E-state index in [1.54, 1.807) is 12.1 Å². The van der Waals surface area contributed by atoms with Crippen molar-refractivity contribution in [3.05, 3.63) is 57.3 Å². The van der Waals surface area contributed by atoms with Gasteiger partial charge in [-0.15, -0.1) is 0 Å². The van der Waals surface area contributed by atoms with Gasteiger partial charge >= 0.3 is 0 Å². The third kappa shape index (κ3) is 6.77. The second-order valence-corrected chi connectivity index (χ2v) is 9.21. The van der Waals surface area contributed by atoms with E-state index < -0.39 is 0 Å². The van der Waals surface area contributed by atoms with Crippen LogP contribution in [0.2, 0.25) is 5.02 Å². The predicted molar refractivity (Wildman–Crippen MR) is 136 cm³/mol. The lowest BCUT2D eigenvalue weighted by molar-refractivity contribution is 0.295. The Kier molecular flexibility index (Phi) is 9.08. The first kappa shape index (κ1) is 24.7. The molecule has 172 valence electrons. The van der Waals surface area contributed by atoms with Crippen LogP contribution >= 0.6 is 27.5 Å². The summed E-state index contributed by atoms with van der Waals surface area (Å²) in [5.74, 6) is 0.904. The summed E-state index contributed by atoms with van der Waals surface area (Å²) in [6.07, 6.45) is 2.14. The largest absolute Gasteiger partial charge is 0.367 e. The molecule has 0 radical (unpaired) electrons. The Balaban J connectivity index is 1.76. The van der Waals surface area contributed by atoms with Crippen molar-refractivity contribution in [2.75, 3.05) is 30.3 Å². The number of nitrogens with zero attached hydrogens (tertiary/aromatic N) is 3. The maximum absolute atomic E-state index is 14.1. The van der Waals surface area contributed by atoms with Crippen LogP contribution in [0.3, 0.4) is 0 Å². The van der Waals surface area contributed by atoms with Gasteiger partial charge in [0.25, 0.3) is 0 Å². The van der Waals surface area contributed by atoms with Crippen molar-refractivity contribution in [2.24, 2.45) is 0 Å². The number of benzene rings is 2. The molecule has 3 aromatic rings. The molecule has 2 N–H and O–H groups in total. The first-order chi connectivity index (χ1) is 15.4. The molecular formula is C24H30BrClFN5. The molecule has 1 aromatic heterocycles. The number of hydrogen-bond acceptors (Lipinski definition) is 5. The second kappa shape index (κ2) is 11.8. The van der Waals surface area contributed by atoms with Crippen molar-refractivity contribution in [1.29, 1.82) is 0 Å². The summed E-state index contributed by atoms with van der Waals surface area (Å²) in [5, 5.41) is 8.21. The monoisotopic (exact) mass is 521 g/mol. The fraction of sp³-hybridized carbons (Fsp3) is 0.417. The highest BCUT2D eigenvalue weighted by molar-refractivity contribution is 9.10. The summed E-state index contributed by atoms with van der Waals surface area (Å²) >= 11 is 9.59. The van der Waals surface area contributed by atoms with Crippen LogP contribution in [0.15, 0.2) is 40.9 Å². The standard InChI is InChI=1S/C24H30BrClFN5/c1-4-32(5-2)12-6-7-16(3)29-23-20-10-9-19(26)14-22(20)30-24(31-23)28-15-17-13-18(25)8-11-21(17)27/h8-11,13-14,16H,4-7,12,15H2,1-3H3,(H2,28,29,30,31). The Morgan fingerprint density at radius 3 is 2.66 bits per heavy atom. The number of hydrogen-bond donors (Lipinski definition) is 2. The van der Waals surface area contributed by atoms with E-state index in [0.717, 1.165) is 53.7 Å². The summed E-state index contributed by atoms with van der Waals surface area (Å²) in [7, 11) is 0. The third-order valence-corrected chi connectivity index (χ3v) is 6.22. The van der Waals surface area contributed by atoms with Crippen molar-refractivity contribution in [2.45, 2.75) is 46.2 Å². The van der Waals surface area contributed by atoms with Gasteiger partial charge in [0.2, 0.25) is 5.95 Å². The van der Waals surface area contributed by atoms with Crippen LogP contribution < -0.4 is 10.6 Å². The van der Waals surface area contributed by atoms with Crippen LogP contribution in [0.25, 0.3) is 10.9 Å². The Morgan fingerprint density at radius 1 is 1.12 bits per heavy atom. The molecule has 0 aliphatic rings. The van der Waals surface area contributed by atoms with Crippen LogP contribution in [-0.4, -0.2) is 40.5 Å². The lowest BCUT2D eigenvalue weighted by Gasteiger charge is -2.20. The number of fused-ring (bicyclic) bond motifs is 1. The Labute approximate surface area is 202 Å². The first-order valence-corrected chi connectivity index (χ1v) is 12.2. The minimum Gasteiger partial charge on any atom is -0.367 e. The van der Waals surface area contributed by atoms with Crippen molar-refractivity contribution in [1.82, 2.24) is 14.9 Å². The van der Waals surface area contributed by atoms with E-state index in [0.29, 0.717) is 16.5 Å². The van der Waals surface area contributed by atoms with E-state index in [1.165, 1.54) is 6.07 Å². The summed E-state index contributed by atoms with van der Waals surface area (Å²) in [6, 6.07) is 10.7. The molecule has 0 amide bonds. The van der Waals surface area contributed by atoms with Crippen molar-refractivity contribution < 1.29 is 4.39 Å². The van der Waals surface area contributed by atoms with Gasteiger partial charge in [-0.25, -0.2) is 9.37 Å². The van der Waals surface area contributed by atoms with Gasteiger partial charge in [0.15, 0.2) is 0 Å². The maximum atomic E-state index is 14.1. The molecule has 1 unspecified atom stereocenters. The van der Waals surface area contributed by atoms with E-state index in [2.05, 4.69) is 57.2 Å². The lowest BCUT2D eigenvalue weighted by Crippen LogP contribution is -2.25. The number of anilines is 2. The normalized spacial score (nSPS) is 12.3. The van der Waals surface area contributed by atoms with Gasteiger partial charge in [0.05, 0.1) is 5.52 Å². The summed E-state index contributed by atoms with van der Waals surface area (Å²) < 4.78 is 14.9. The number of aromatic nitrogens is 2. The number of halogens is 3. The quantitative estimate of drug-likeness (QED) is 0.293. The van der Waals surface area contributed by atoms with E-state index >= 15 is 0 Å². The van der Waals surface area contributed by atoms with Crippen LogP contribution in [0, 0.1) is 5.82 Å². The molecule has 0 saturated carbocycles. The predicted octanol–water partition coefficient (Wildman–Crippen LogP) is 6.72. The van der Waals surface area contributed by atoms with Gasteiger partial charge in [-0.3, -0.25) is 0 Å². The van der Waals surface area contributed by atoms with Crippen LogP contribution in [0.5, 0.6) is 0 Å². The van der Waals surface area contributed by atoms with E-state index in [1.807, 2.05) is 18.2 Å². The molecule has 5 nitrogen and oxygen atoms in total. The average molecular weight is 523 g/mol. The smallest absolute Gasteiger partial charge is 0.225 e. The van der Waals surface area contributed by atoms with E-state index in [9.17, 15) is 4.39 Å². The first-order valence-electron chi connectivity index (χ1n) is 11.0. The SMILES string of the molecule is CCN(CC)CCCC(C)Nc1nc(NCc2cc(Br)ccc2F)nc2cc(Cl)ccc12. The fourth-order valence-corrected chi connectivity index (χ4v) is 4.19. The van der Waals surface area contributed by atoms with E-state index in [-0.39, 0.29) is 18.4 Å². The molecule has 0 saturated heterocycles. The maximum Gasteiger partial charge on any atom is 0.225 e. The molecule has 1 atom stereocenters. The highest BCUT2D eigenvalue weighted by atomic mass is 79.9. The second-order valence-electron chi connectivity index (χ2n) is 7.86. The minimum absolute atomic E-state index is 0.245. The van der Waals surface area contributed by atoms with Gasteiger partial charge in [0.1, 0.15) is 11.6 Å². The van der Waals surface area contributed by atoms with Crippen LogP contribution in [-0.2, 0) is 6.54 Å². The molecule has 0 aliphatic carbocycles. The molecule has 0 spiro atoms. The van der Waals surface area contributed by atoms with Crippen LogP contribution in [0.1, 0.15) is 39.2 Å². The molecule has 2 aromatic carbocycles. The Bertz CT molecular complexity index is 1040. The highest BCUT2D eigenvalue weighted by Crippen LogP contribution is 2.26. The van der Waals surface area contributed by atoms with E-state index in [4.69, 9.17) is 16.6 Å². The van der Waals surface area contributed by atoms with Crippen LogP contribution in [0.4, 0.5) is 16.2 Å². The summed E-state index contributed by atoms with van der Waals surface area (Å²) in [6.45, 7) is 10.1. The van der Waals surface area contributed by atoms with Gasteiger partial charge in [-0.1, -0.05) is 41.4 Å². The zero-order valence-electron chi connectivity index (χ0n) is 18.8. The topological polar surface area (TPSA) is 53.1 Å². The molecule has 3 rings (SSSR count). The lowest BCUT2D eigenvalue weighted by atomic mass is 10.1. The van der Waals surface area contributed by atoms with Crippen molar-refractivity contribution in [3.8, 4) is 0 Å². The Hall–Kier alpha value is -1.96. The molecular weight excluding hydrogens is 493 g/mol. The van der Waals surface area contributed by atoms with Crippen molar-refractivity contribution in [3.63, 3.8) is 0 Å². The number of rotatable bonds is 11. The molecule has 8 heteroatoms.